The van der Waals surface area contributed by atoms with Gasteiger partial charge in [0.15, 0.2) is 0 Å². The van der Waals surface area contributed by atoms with Crippen molar-refractivity contribution >= 4 is 11.9 Å². The van der Waals surface area contributed by atoms with Crippen LogP contribution in [-0.4, -0.2) is 42.5 Å². The molecule has 0 saturated carbocycles. The zero-order valence-corrected chi connectivity index (χ0v) is 13.3. The van der Waals surface area contributed by atoms with Gasteiger partial charge in [0.2, 0.25) is 5.91 Å². The number of urea groups is 1. The summed E-state index contributed by atoms with van der Waals surface area (Å²) in [4.78, 5) is 25.3. The van der Waals surface area contributed by atoms with Crippen LogP contribution in [0.25, 0.3) is 0 Å². The number of hydrogen-bond donors (Lipinski definition) is 2. The van der Waals surface area contributed by atoms with Crippen LogP contribution >= 0.6 is 0 Å². The van der Waals surface area contributed by atoms with Crippen molar-refractivity contribution < 1.29 is 9.59 Å². The number of carbonyl (C=O) groups is 2. The Morgan fingerprint density at radius 2 is 2.00 bits per heavy atom. The van der Waals surface area contributed by atoms with E-state index >= 15 is 0 Å². The first-order chi connectivity index (χ1) is 9.31. The van der Waals surface area contributed by atoms with Crippen molar-refractivity contribution in [1.82, 2.24) is 15.5 Å². The van der Waals surface area contributed by atoms with Crippen LogP contribution in [0.5, 0.6) is 0 Å². The van der Waals surface area contributed by atoms with E-state index in [0.29, 0.717) is 19.5 Å². The first kappa shape index (κ1) is 16.8. The fraction of sp³-hybridized carbons (Fsp3) is 0.867. The molecule has 20 heavy (non-hydrogen) atoms. The molecule has 5 nitrogen and oxygen atoms in total. The predicted molar refractivity (Wildman–Crippen MR) is 80.5 cm³/mol. The fourth-order valence-corrected chi connectivity index (χ4v) is 2.40. The molecule has 1 aliphatic rings. The Balaban J connectivity index is 2.22. The number of nitrogens with one attached hydrogen (secondary N) is 2. The van der Waals surface area contributed by atoms with Gasteiger partial charge >= 0.3 is 6.03 Å². The molecule has 1 atom stereocenters. The highest BCUT2D eigenvalue weighted by Gasteiger charge is 2.26. The van der Waals surface area contributed by atoms with E-state index in [1.54, 1.807) is 4.90 Å². The standard InChI is InChI=1S/C15H29N3O2/c1-5-16-14(20)18-10-8-12(11-18)17-13(19)7-6-9-15(2,3)4/h12H,5-11H2,1-4H3,(H,16,20)(H,17,19). The van der Waals surface area contributed by atoms with Crippen molar-refractivity contribution in [2.75, 3.05) is 19.6 Å². The molecule has 1 rings (SSSR count). The molecule has 1 aliphatic heterocycles. The van der Waals surface area contributed by atoms with E-state index < -0.39 is 0 Å². The van der Waals surface area contributed by atoms with Gasteiger partial charge in [-0.1, -0.05) is 20.8 Å². The summed E-state index contributed by atoms with van der Waals surface area (Å²) in [5.74, 6) is 0.108. The number of rotatable bonds is 5. The number of amides is 3. The van der Waals surface area contributed by atoms with E-state index in [0.717, 1.165) is 25.8 Å². The van der Waals surface area contributed by atoms with Gasteiger partial charge in [-0.15, -0.1) is 0 Å². The highest BCUT2D eigenvalue weighted by atomic mass is 16.2. The Morgan fingerprint density at radius 3 is 2.60 bits per heavy atom. The third kappa shape index (κ3) is 6.26. The molecule has 0 radical (unpaired) electrons. The van der Waals surface area contributed by atoms with Crippen molar-refractivity contribution in [3.63, 3.8) is 0 Å². The molecule has 0 aromatic rings. The van der Waals surface area contributed by atoms with Gasteiger partial charge in [-0.05, 0) is 31.6 Å². The molecule has 1 unspecified atom stereocenters. The summed E-state index contributed by atoms with van der Waals surface area (Å²) in [5.41, 5.74) is 0.280. The quantitative estimate of drug-likeness (QED) is 0.812. The third-order valence-electron chi connectivity index (χ3n) is 3.50. The fourth-order valence-electron chi connectivity index (χ4n) is 2.40. The van der Waals surface area contributed by atoms with Gasteiger partial charge in [-0.25, -0.2) is 4.79 Å². The Morgan fingerprint density at radius 1 is 1.30 bits per heavy atom. The maximum absolute atomic E-state index is 11.9. The molecule has 0 bridgehead atoms. The Labute approximate surface area is 122 Å². The zero-order valence-electron chi connectivity index (χ0n) is 13.3. The second kappa shape index (κ2) is 7.50. The van der Waals surface area contributed by atoms with Gasteiger partial charge < -0.3 is 15.5 Å². The lowest BCUT2D eigenvalue weighted by Gasteiger charge is -2.19. The molecule has 0 aliphatic carbocycles. The second-order valence-electron chi connectivity index (χ2n) is 6.75. The predicted octanol–water partition coefficient (Wildman–Crippen LogP) is 2.12. The van der Waals surface area contributed by atoms with Crippen LogP contribution in [0, 0.1) is 5.41 Å². The molecular formula is C15H29N3O2. The molecule has 116 valence electrons. The molecule has 1 saturated heterocycles. The Bertz CT molecular complexity index is 337. The summed E-state index contributed by atoms with van der Waals surface area (Å²) in [7, 11) is 0. The number of hydrogen-bond acceptors (Lipinski definition) is 2. The first-order valence-corrected chi connectivity index (χ1v) is 7.64. The van der Waals surface area contributed by atoms with Crippen molar-refractivity contribution in [2.45, 2.75) is 59.4 Å². The minimum atomic E-state index is -0.0306. The van der Waals surface area contributed by atoms with Crippen molar-refractivity contribution in [3.8, 4) is 0 Å². The Hall–Kier alpha value is -1.26. The molecule has 0 aromatic heterocycles. The van der Waals surface area contributed by atoms with Crippen LogP contribution in [-0.2, 0) is 4.79 Å². The van der Waals surface area contributed by atoms with E-state index in [1.165, 1.54) is 0 Å². The van der Waals surface area contributed by atoms with Crippen LogP contribution in [0.15, 0.2) is 0 Å². The lowest BCUT2D eigenvalue weighted by atomic mass is 9.90. The summed E-state index contributed by atoms with van der Waals surface area (Å²) < 4.78 is 0. The SMILES string of the molecule is CCNC(=O)N1CCC(NC(=O)CCCC(C)(C)C)C1. The number of nitrogens with zero attached hydrogens (tertiary/aromatic N) is 1. The third-order valence-corrected chi connectivity index (χ3v) is 3.50. The van der Waals surface area contributed by atoms with E-state index in [-0.39, 0.29) is 23.4 Å². The van der Waals surface area contributed by atoms with Gasteiger partial charge in [0.25, 0.3) is 0 Å². The molecule has 0 spiro atoms. The van der Waals surface area contributed by atoms with Crippen LogP contribution in [0.3, 0.4) is 0 Å². The van der Waals surface area contributed by atoms with Gasteiger partial charge in [-0.3, -0.25) is 4.79 Å². The van der Waals surface area contributed by atoms with E-state index in [2.05, 4.69) is 31.4 Å². The zero-order chi connectivity index (χ0) is 15.2. The van der Waals surface area contributed by atoms with Crippen LogP contribution in [0.4, 0.5) is 4.79 Å². The maximum Gasteiger partial charge on any atom is 0.317 e. The smallest absolute Gasteiger partial charge is 0.317 e. The van der Waals surface area contributed by atoms with Crippen molar-refractivity contribution in [3.05, 3.63) is 0 Å². The highest BCUT2D eigenvalue weighted by molar-refractivity contribution is 5.77. The monoisotopic (exact) mass is 283 g/mol. The first-order valence-electron chi connectivity index (χ1n) is 7.64. The molecule has 1 heterocycles. The summed E-state index contributed by atoms with van der Waals surface area (Å²) in [5, 5.41) is 5.82. The molecule has 1 fully saturated rings. The minimum absolute atomic E-state index is 0.0306. The molecular weight excluding hydrogens is 254 g/mol. The van der Waals surface area contributed by atoms with Gasteiger partial charge in [0.1, 0.15) is 0 Å². The van der Waals surface area contributed by atoms with Crippen molar-refractivity contribution in [1.29, 1.82) is 0 Å². The van der Waals surface area contributed by atoms with Gasteiger partial charge in [0, 0.05) is 32.1 Å². The lowest BCUT2D eigenvalue weighted by Crippen LogP contribution is -2.42. The van der Waals surface area contributed by atoms with Crippen molar-refractivity contribution in [2.24, 2.45) is 5.41 Å². The summed E-state index contributed by atoms with van der Waals surface area (Å²) in [6.45, 7) is 10.4. The number of likely N-dealkylation sites (tertiary alicyclic amines) is 1. The summed E-state index contributed by atoms with van der Waals surface area (Å²) >= 11 is 0. The Kier molecular flexibility index (Phi) is 6.30. The lowest BCUT2D eigenvalue weighted by molar-refractivity contribution is -0.121. The topological polar surface area (TPSA) is 61.4 Å². The van der Waals surface area contributed by atoms with E-state index in [4.69, 9.17) is 0 Å². The normalized spacial score (nSPS) is 19.0. The second-order valence-corrected chi connectivity index (χ2v) is 6.75. The van der Waals surface area contributed by atoms with E-state index in [1.807, 2.05) is 6.92 Å². The molecule has 5 heteroatoms. The summed E-state index contributed by atoms with van der Waals surface area (Å²) in [6.07, 6.45) is 3.40. The molecule has 3 amide bonds. The van der Waals surface area contributed by atoms with Crippen LogP contribution in [0.2, 0.25) is 0 Å². The molecule has 0 aromatic carbocycles. The largest absolute Gasteiger partial charge is 0.352 e. The average molecular weight is 283 g/mol. The van der Waals surface area contributed by atoms with Crippen LogP contribution < -0.4 is 10.6 Å². The highest BCUT2D eigenvalue weighted by Crippen LogP contribution is 2.21. The average Bonchev–Trinajstić information content (AvgIpc) is 2.76. The maximum atomic E-state index is 11.9. The van der Waals surface area contributed by atoms with Crippen LogP contribution in [0.1, 0.15) is 53.4 Å². The number of carbonyl (C=O) groups excluding carboxylic acids is 2. The minimum Gasteiger partial charge on any atom is -0.352 e. The van der Waals surface area contributed by atoms with Gasteiger partial charge in [0.05, 0.1) is 0 Å². The summed E-state index contributed by atoms with van der Waals surface area (Å²) in [6, 6.07) is 0.0803. The van der Waals surface area contributed by atoms with E-state index in [9.17, 15) is 9.59 Å². The molecule has 2 N–H and O–H groups in total. The van der Waals surface area contributed by atoms with Gasteiger partial charge in [-0.2, -0.15) is 0 Å².